The molecule has 0 radical (unpaired) electrons. The molecule has 0 aliphatic heterocycles. The van der Waals surface area contributed by atoms with E-state index < -0.39 is 0 Å². The Bertz CT molecular complexity index is 70.0. The Morgan fingerprint density at radius 2 is 1.64 bits per heavy atom. The first-order valence-electron chi connectivity index (χ1n) is 4.40. The van der Waals surface area contributed by atoms with Crippen LogP contribution in [-0.2, 0) is 0 Å². The summed E-state index contributed by atoms with van der Waals surface area (Å²) in [6.45, 7) is 2.26. The summed E-state index contributed by atoms with van der Waals surface area (Å²) in [5.41, 5.74) is 0. The Kier molecular flexibility index (Phi) is 9.35. The third-order valence-electron chi connectivity index (χ3n) is 1.82. The van der Waals surface area contributed by atoms with Crippen LogP contribution in [0.25, 0.3) is 0 Å². The molecule has 0 heterocycles. The molecule has 0 rings (SSSR count). The van der Waals surface area contributed by atoms with E-state index in [2.05, 4.69) is 19.4 Å². The summed E-state index contributed by atoms with van der Waals surface area (Å²) in [6.07, 6.45) is 11.4. The quantitative estimate of drug-likeness (QED) is 0.441. The molecule has 0 saturated carbocycles. The van der Waals surface area contributed by atoms with Crippen LogP contribution >= 0.6 is 23.5 Å². The zero-order valence-electron chi connectivity index (χ0n) is 7.93. The number of unbranched alkanes of at least 4 members (excludes halogenated alkanes) is 3. The minimum absolute atomic E-state index is 0.840. The molecule has 0 bridgehead atoms. The highest BCUT2D eigenvalue weighted by Gasteiger charge is 2.02. The fourth-order valence-corrected chi connectivity index (χ4v) is 2.64. The molecule has 0 aromatic carbocycles. The van der Waals surface area contributed by atoms with Crippen molar-refractivity contribution in [2.45, 2.75) is 43.6 Å². The molecule has 0 aromatic rings. The van der Waals surface area contributed by atoms with Crippen molar-refractivity contribution in [2.24, 2.45) is 0 Å². The van der Waals surface area contributed by atoms with Gasteiger partial charge in [-0.2, -0.15) is 23.5 Å². The van der Waals surface area contributed by atoms with Gasteiger partial charge in [0.25, 0.3) is 0 Å². The third kappa shape index (κ3) is 7.07. The Labute approximate surface area is 79.9 Å². The fourth-order valence-electron chi connectivity index (χ4n) is 1.07. The molecule has 0 aromatic heterocycles. The molecule has 0 aliphatic carbocycles. The van der Waals surface area contributed by atoms with E-state index in [0.29, 0.717) is 0 Å². The lowest BCUT2D eigenvalue weighted by Gasteiger charge is -2.09. The summed E-state index contributed by atoms with van der Waals surface area (Å²) in [4.78, 5) is 0. The summed E-state index contributed by atoms with van der Waals surface area (Å²) in [7, 11) is 0. The summed E-state index contributed by atoms with van der Waals surface area (Å²) >= 11 is 3.98. The maximum atomic E-state index is 2.26. The van der Waals surface area contributed by atoms with Crippen LogP contribution in [0.1, 0.15) is 39.0 Å². The second kappa shape index (κ2) is 8.79. The molecule has 0 unspecified atom stereocenters. The van der Waals surface area contributed by atoms with Crippen molar-refractivity contribution in [1.29, 1.82) is 0 Å². The van der Waals surface area contributed by atoms with Crippen LogP contribution in [0.4, 0.5) is 0 Å². The molecule has 0 aliphatic rings. The van der Waals surface area contributed by atoms with Crippen LogP contribution in [0.2, 0.25) is 0 Å². The van der Waals surface area contributed by atoms with Gasteiger partial charge in [-0.25, -0.2) is 0 Å². The van der Waals surface area contributed by atoms with Gasteiger partial charge in [-0.3, -0.25) is 0 Å². The van der Waals surface area contributed by atoms with E-state index in [1.807, 2.05) is 23.5 Å². The fraction of sp³-hybridized carbons (Fsp3) is 1.00. The largest absolute Gasteiger partial charge is 0.151 e. The van der Waals surface area contributed by atoms with Gasteiger partial charge < -0.3 is 0 Å². The molecule has 0 N–H and O–H groups in total. The van der Waals surface area contributed by atoms with E-state index in [-0.39, 0.29) is 0 Å². The smallest absolute Gasteiger partial charge is 0.0496 e. The van der Waals surface area contributed by atoms with Crippen molar-refractivity contribution in [2.75, 3.05) is 12.5 Å². The summed E-state index contributed by atoms with van der Waals surface area (Å²) in [5.74, 6) is 0. The normalized spacial score (nSPS) is 10.9. The lowest BCUT2D eigenvalue weighted by atomic mass is 10.2. The summed E-state index contributed by atoms with van der Waals surface area (Å²) in [5, 5.41) is 0. The molecular weight excluding hydrogens is 172 g/mol. The second-order valence-corrected chi connectivity index (χ2v) is 5.13. The predicted molar refractivity (Wildman–Crippen MR) is 59.6 cm³/mol. The third-order valence-corrected chi connectivity index (χ3v) is 4.50. The number of hydrogen-bond donors (Lipinski definition) is 0. The summed E-state index contributed by atoms with van der Waals surface area (Å²) < 4.78 is 0.840. The molecule has 0 saturated heterocycles. The van der Waals surface area contributed by atoms with Crippen molar-refractivity contribution >= 4 is 23.5 Å². The van der Waals surface area contributed by atoms with Gasteiger partial charge >= 0.3 is 0 Å². The van der Waals surface area contributed by atoms with Crippen molar-refractivity contribution in [1.82, 2.24) is 0 Å². The average Bonchev–Trinajstić information content (AvgIpc) is 2.05. The van der Waals surface area contributed by atoms with Crippen LogP contribution in [-0.4, -0.2) is 17.1 Å². The molecule has 0 amide bonds. The molecular formula is C9H20S2. The summed E-state index contributed by atoms with van der Waals surface area (Å²) in [6, 6.07) is 0. The predicted octanol–water partition coefficient (Wildman–Crippen LogP) is 4.01. The molecule has 68 valence electrons. The van der Waals surface area contributed by atoms with Gasteiger partial charge in [-0.1, -0.05) is 32.6 Å². The monoisotopic (exact) mass is 192 g/mol. The topological polar surface area (TPSA) is 0 Å². The standard InChI is InChI=1S/C9H20S2/c1-4-5-6-7-8-9(10-2)11-3/h9H,4-8H2,1-3H3. The molecule has 2 heteroatoms. The van der Waals surface area contributed by atoms with Crippen molar-refractivity contribution in [3.63, 3.8) is 0 Å². The number of rotatable bonds is 7. The Morgan fingerprint density at radius 3 is 2.09 bits per heavy atom. The average molecular weight is 192 g/mol. The van der Waals surface area contributed by atoms with Gasteiger partial charge in [0.2, 0.25) is 0 Å². The maximum absolute atomic E-state index is 2.26. The van der Waals surface area contributed by atoms with Gasteiger partial charge in [0.1, 0.15) is 0 Å². The van der Waals surface area contributed by atoms with E-state index in [0.717, 1.165) is 4.58 Å². The maximum Gasteiger partial charge on any atom is 0.0496 e. The number of thioether (sulfide) groups is 2. The molecule has 0 spiro atoms. The van der Waals surface area contributed by atoms with Crippen LogP contribution in [0.3, 0.4) is 0 Å². The Balaban J connectivity index is 3.07. The van der Waals surface area contributed by atoms with E-state index >= 15 is 0 Å². The second-order valence-electron chi connectivity index (χ2n) is 2.75. The molecule has 0 nitrogen and oxygen atoms in total. The molecule has 0 atom stereocenters. The zero-order chi connectivity index (χ0) is 8.53. The van der Waals surface area contributed by atoms with Gasteiger partial charge in [-0.15, -0.1) is 0 Å². The van der Waals surface area contributed by atoms with Gasteiger partial charge in [-0.05, 0) is 18.9 Å². The van der Waals surface area contributed by atoms with Crippen LogP contribution < -0.4 is 0 Å². The minimum Gasteiger partial charge on any atom is -0.151 e. The van der Waals surface area contributed by atoms with Crippen LogP contribution in [0.15, 0.2) is 0 Å². The molecule has 0 fully saturated rings. The van der Waals surface area contributed by atoms with E-state index in [1.54, 1.807) is 0 Å². The Hall–Kier alpha value is 0.700. The highest BCUT2D eigenvalue weighted by molar-refractivity contribution is 8.16. The first-order valence-corrected chi connectivity index (χ1v) is 6.98. The first-order chi connectivity index (χ1) is 5.35. The van der Waals surface area contributed by atoms with Crippen molar-refractivity contribution in [3.05, 3.63) is 0 Å². The van der Waals surface area contributed by atoms with Crippen molar-refractivity contribution in [3.8, 4) is 0 Å². The van der Waals surface area contributed by atoms with E-state index in [4.69, 9.17) is 0 Å². The highest BCUT2D eigenvalue weighted by Crippen LogP contribution is 2.24. The van der Waals surface area contributed by atoms with Crippen molar-refractivity contribution < 1.29 is 0 Å². The van der Waals surface area contributed by atoms with Gasteiger partial charge in [0.05, 0.1) is 0 Å². The van der Waals surface area contributed by atoms with Gasteiger partial charge in [0, 0.05) is 4.58 Å². The minimum atomic E-state index is 0.840. The van der Waals surface area contributed by atoms with Crippen LogP contribution in [0, 0.1) is 0 Å². The van der Waals surface area contributed by atoms with Gasteiger partial charge in [0.15, 0.2) is 0 Å². The number of hydrogen-bond acceptors (Lipinski definition) is 2. The first kappa shape index (κ1) is 11.7. The lowest BCUT2D eigenvalue weighted by Crippen LogP contribution is -1.94. The highest BCUT2D eigenvalue weighted by atomic mass is 32.2. The van der Waals surface area contributed by atoms with Crippen LogP contribution in [0.5, 0.6) is 0 Å². The zero-order valence-corrected chi connectivity index (χ0v) is 9.56. The van der Waals surface area contributed by atoms with E-state index in [1.165, 1.54) is 32.1 Å². The lowest BCUT2D eigenvalue weighted by molar-refractivity contribution is 0.653. The van der Waals surface area contributed by atoms with E-state index in [9.17, 15) is 0 Å². The SMILES string of the molecule is CCCCCCC(SC)SC. The Morgan fingerprint density at radius 1 is 1.00 bits per heavy atom. The molecule has 11 heavy (non-hydrogen) atoms.